The number of hydrogen-bond donors (Lipinski definition) is 2. The third-order valence-electron chi connectivity index (χ3n) is 3.66. The molecule has 6 nitrogen and oxygen atoms in total. The van der Waals surface area contributed by atoms with Gasteiger partial charge in [0.1, 0.15) is 16.7 Å². The van der Waals surface area contributed by atoms with Crippen LogP contribution in [0.5, 0.6) is 5.75 Å². The lowest BCUT2D eigenvalue weighted by atomic mass is 10.2. The maximum atomic E-state index is 12.6. The fourth-order valence-corrected chi connectivity index (χ4v) is 3.72. The largest absolute Gasteiger partial charge is 0.487 e. The van der Waals surface area contributed by atoms with E-state index in [1.54, 1.807) is 26.2 Å². The maximum Gasteiger partial charge on any atom is 0.244 e. The summed E-state index contributed by atoms with van der Waals surface area (Å²) in [6.07, 6.45) is 1.83. The van der Waals surface area contributed by atoms with Crippen LogP contribution in [0.25, 0.3) is 0 Å². The quantitative estimate of drug-likeness (QED) is 0.698. The highest BCUT2D eigenvalue weighted by Gasteiger charge is 2.30. The van der Waals surface area contributed by atoms with Crippen molar-refractivity contribution in [1.82, 2.24) is 4.72 Å². The number of hydrogen-bond acceptors (Lipinski definition) is 5. The molecular weight excluding hydrogens is 340 g/mol. The van der Waals surface area contributed by atoms with Crippen molar-refractivity contribution in [2.24, 2.45) is 11.7 Å². The van der Waals surface area contributed by atoms with Gasteiger partial charge in [-0.05, 0) is 43.9 Å². The van der Waals surface area contributed by atoms with E-state index in [9.17, 15) is 8.42 Å². The molecular formula is C15H23ClN2O4S. The Kier molecular flexibility index (Phi) is 6.27. The highest BCUT2D eigenvalue weighted by atomic mass is 35.5. The molecule has 3 N–H and O–H groups in total. The van der Waals surface area contributed by atoms with Gasteiger partial charge in [-0.25, -0.2) is 13.1 Å². The first-order valence-electron chi connectivity index (χ1n) is 7.54. The fraction of sp³-hybridized carbons (Fsp3) is 0.600. The van der Waals surface area contributed by atoms with Gasteiger partial charge in [0, 0.05) is 24.7 Å². The molecule has 0 bridgehead atoms. The highest BCUT2D eigenvalue weighted by molar-refractivity contribution is 7.89. The summed E-state index contributed by atoms with van der Waals surface area (Å²) in [4.78, 5) is 0.0101. The first-order chi connectivity index (χ1) is 10.8. The lowest BCUT2D eigenvalue weighted by Crippen LogP contribution is -2.38. The molecule has 2 atom stereocenters. The van der Waals surface area contributed by atoms with Crippen LogP contribution in [0.4, 0.5) is 0 Å². The van der Waals surface area contributed by atoms with Crippen molar-refractivity contribution in [1.29, 1.82) is 0 Å². The minimum Gasteiger partial charge on any atom is -0.487 e. The van der Waals surface area contributed by atoms with E-state index in [0.29, 0.717) is 17.5 Å². The van der Waals surface area contributed by atoms with Gasteiger partial charge in [-0.2, -0.15) is 0 Å². The van der Waals surface area contributed by atoms with Crippen molar-refractivity contribution in [3.63, 3.8) is 0 Å². The molecule has 0 aromatic heterocycles. The van der Waals surface area contributed by atoms with Gasteiger partial charge in [0.25, 0.3) is 0 Å². The van der Waals surface area contributed by atoms with E-state index in [0.717, 1.165) is 12.8 Å². The first kappa shape index (κ1) is 18.5. The lowest BCUT2D eigenvalue weighted by Gasteiger charge is -2.18. The molecule has 2 rings (SSSR count). The molecule has 0 spiro atoms. The molecule has 1 aliphatic rings. The summed E-state index contributed by atoms with van der Waals surface area (Å²) in [5, 5.41) is 0.323. The fourth-order valence-electron chi connectivity index (χ4n) is 2.25. The average Bonchev–Trinajstić information content (AvgIpc) is 3.31. The van der Waals surface area contributed by atoms with Crippen LogP contribution in [0.15, 0.2) is 23.1 Å². The summed E-state index contributed by atoms with van der Waals surface area (Å²) in [5.74, 6) is 0.654. The Bertz CT molecular complexity index is 634. The molecule has 130 valence electrons. The lowest BCUT2D eigenvalue weighted by molar-refractivity contribution is 0.0901. The Morgan fingerprint density at radius 3 is 2.74 bits per heavy atom. The van der Waals surface area contributed by atoms with Crippen LogP contribution in [-0.4, -0.2) is 40.8 Å². The number of sulfonamides is 1. The van der Waals surface area contributed by atoms with Gasteiger partial charge < -0.3 is 15.2 Å². The normalized spacial score (nSPS) is 17.7. The van der Waals surface area contributed by atoms with Crippen LogP contribution in [0.1, 0.15) is 19.8 Å². The van der Waals surface area contributed by atoms with Crippen molar-refractivity contribution in [2.45, 2.75) is 36.8 Å². The Labute approximate surface area is 142 Å². The van der Waals surface area contributed by atoms with Crippen LogP contribution in [0.3, 0.4) is 0 Å². The zero-order valence-electron chi connectivity index (χ0n) is 13.3. The first-order valence-corrected chi connectivity index (χ1v) is 9.40. The zero-order chi connectivity index (χ0) is 17.0. The highest BCUT2D eigenvalue weighted by Crippen LogP contribution is 2.32. The molecule has 0 aliphatic heterocycles. The summed E-state index contributed by atoms with van der Waals surface area (Å²) >= 11 is 5.95. The number of methoxy groups -OCH3 is 1. The Balaban J connectivity index is 2.15. The molecule has 1 aromatic carbocycles. The molecule has 1 saturated carbocycles. The second kappa shape index (κ2) is 7.81. The van der Waals surface area contributed by atoms with E-state index in [2.05, 4.69) is 4.72 Å². The number of rotatable bonds is 9. The number of halogens is 1. The molecule has 1 aromatic rings. The molecule has 0 heterocycles. The molecule has 23 heavy (non-hydrogen) atoms. The standard InChI is InChI=1S/C15H23ClN2O4S/c1-10(9-21-2)22-14-6-5-12(16)7-15(14)23(19,20)18-8-13(17)11-3-4-11/h5-7,10-11,13,18H,3-4,8-9,17H2,1-2H3. The van der Waals surface area contributed by atoms with Crippen LogP contribution in [0, 0.1) is 5.92 Å². The third-order valence-corrected chi connectivity index (χ3v) is 5.34. The van der Waals surface area contributed by atoms with Crippen LogP contribution < -0.4 is 15.2 Å². The molecule has 1 aliphatic carbocycles. The summed E-state index contributed by atoms with van der Waals surface area (Å²) in [6.45, 7) is 2.35. The van der Waals surface area contributed by atoms with Gasteiger partial charge >= 0.3 is 0 Å². The molecule has 1 fully saturated rings. The Hall–Kier alpha value is -0.860. The summed E-state index contributed by atoms with van der Waals surface area (Å²) < 4.78 is 38.3. The Morgan fingerprint density at radius 1 is 1.43 bits per heavy atom. The molecule has 0 radical (unpaired) electrons. The van der Waals surface area contributed by atoms with Gasteiger partial charge in [-0.3, -0.25) is 0 Å². The van der Waals surface area contributed by atoms with Gasteiger partial charge in [0.15, 0.2) is 0 Å². The van der Waals surface area contributed by atoms with Crippen molar-refractivity contribution < 1.29 is 17.9 Å². The molecule has 0 amide bonds. The van der Waals surface area contributed by atoms with Crippen molar-refractivity contribution in [3.8, 4) is 5.75 Å². The summed E-state index contributed by atoms with van der Waals surface area (Å²) in [5.41, 5.74) is 5.95. The van der Waals surface area contributed by atoms with E-state index < -0.39 is 10.0 Å². The van der Waals surface area contributed by atoms with Crippen molar-refractivity contribution >= 4 is 21.6 Å². The zero-order valence-corrected chi connectivity index (χ0v) is 14.9. The minimum atomic E-state index is -3.76. The molecule has 8 heteroatoms. The SMILES string of the molecule is COCC(C)Oc1ccc(Cl)cc1S(=O)(=O)NCC(N)C1CC1. The summed E-state index contributed by atoms with van der Waals surface area (Å²) in [6, 6.07) is 4.34. The van der Waals surface area contributed by atoms with Gasteiger partial charge in [-0.15, -0.1) is 0 Å². The van der Waals surface area contributed by atoms with Gasteiger partial charge in [0.05, 0.1) is 6.61 Å². The monoisotopic (exact) mass is 362 g/mol. The van der Waals surface area contributed by atoms with E-state index in [1.165, 1.54) is 6.07 Å². The van der Waals surface area contributed by atoms with Crippen LogP contribution in [-0.2, 0) is 14.8 Å². The van der Waals surface area contributed by atoms with E-state index in [4.69, 9.17) is 26.8 Å². The maximum absolute atomic E-state index is 12.6. The van der Waals surface area contributed by atoms with Crippen LogP contribution >= 0.6 is 11.6 Å². The van der Waals surface area contributed by atoms with Gasteiger partial charge in [0.2, 0.25) is 10.0 Å². The smallest absolute Gasteiger partial charge is 0.244 e. The predicted molar refractivity (Wildman–Crippen MR) is 89.3 cm³/mol. The molecule has 2 unspecified atom stereocenters. The average molecular weight is 363 g/mol. The minimum absolute atomic E-state index is 0.0101. The predicted octanol–water partition coefficient (Wildman–Crippen LogP) is 1.77. The van der Waals surface area contributed by atoms with Crippen molar-refractivity contribution in [3.05, 3.63) is 23.2 Å². The van der Waals surface area contributed by atoms with E-state index in [-0.39, 0.29) is 29.3 Å². The van der Waals surface area contributed by atoms with E-state index >= 15 is 0 Å². The van der Waals surface area contributed by atoms with E-state index in [1.807, 2.05) is 0 Å². The number of nitrogens with two attached hydrogens (primary N) is 1. The van der Waals surface area contributed by atoms with Gasteiger partial charge in [-0.1, -0.05) is 11.6 Å². The third kappa shape index (κ3) is 5.32. The van der Waals surface area contributed by atoms with Crippen molar-refractivity contribution in [2.75, 3.05) is 20.3 Å². The second-order valence-corrected chi connectivity index (χ2v) is 8.00. The topological polar surface area (TPSA) is 90.6 Å². The molecule has 0 saturated heterocycles. The number of ether oxygens (including phenoxy) is 2. The Morgan fingerprint density at radius 2 is 2.13 bits per heavy atom. The second-order valence-electron chi connectivity index (χ2n) is 5.83. The summed E-state index contributed by atoms with van der Waals surface area (Å²) in [7, 11) is -2.20. The number of benzene rings is 1. The van der Waals surface area contributed by atoms with Crippen LogP contribution in [0.2, 0.25) is 5.02 Å². The number of nitrogens with one attached hydrogen (secondary N) is 1.